The van der Waals surface area contributed by atoms with Crippen LogP contribution in [0.1, 0.15) is 31.4 Å². The molecule has 1 N–H and O–H groups in total. The number of hydrogen-bond acceptors (Lipinski definition) is 5. The number of anilines is 1. The van der Waals surface area contributed by atoms with Gasteiger partial charge in [-0.1, -0.05) is 0 Å². The number of amides is 1. The number of likely N-dealkylation sites (tertiary alicyclic amines) is 1. The average Bonchev–Trinajstić information content (AvgIpc) is 3.08. The van der Waals surface area contributed by atoms with E-state index in [-0.39, 0.29) is 11.8 Å². The lowest BCUT2D eigenvalue weighted by Gasteiger charge is -2.32. The quantitative estimate of drug-likeness (QED) is 0.884. The van der Waals surface area contributed by atoms with E-state index in [1.807, 2.05) is 13.0 Å². The Morgan fingerprint density at radius 3 is 2.91 bits per heavy atom. The topological polar surface area (TPSA) is 61.4 Å². The number of aromatic nitrogens is 2. The minimum atomic E-state index is 0.0476. The molecule has 1 atom stereocenters. The molecule has 2 fully saturated rings. The lowest BCUT2D eigenvalue weighted by molar-refractivity contribution is -0.125. The molecular formula is C17H27N5O. The van der Waals surface area contributed by atoms with Crippen molar-refractivity contribution in [3.8, 4) is 0 Å². The maximum Gasteiger partial charge on any atom is 0.225 e. The second kappa shape index (κ2) is 7.73. The van der Waals surface area contributed by atoms with Gasteiger partial charge in [-0.15, -0.1) is 0 Å². The van der Waals surface area contributed by atoms with Gasteiger partial charge >= 0.3 is 0 Å². The molecule has 2 aliphatic rings. The summed E-state index contributed by atoms with van der Waals surface area (Å²) in [7, 11) is 0. The van der Waals surface area contributed by atoms with E-state index >= 15 is 0 Å². The summed E-state index contributed by atoms with van der Waals surface area (Å²) in [6, 6.07) is 1.90. The third-order valence-electron chi connectivity index (χ3n) is 4.78. The molecule has 2 aliphatic heterocycles. The molecule has 3 rings (SSSR count). The van der Waals surface area contributed by atoms with E-state index in [1.54, 1.807) is 6.20 Å². The van der Waals surface area contributed by atoms with Crippen molar-refractivity contribution in [2.75, 3.05) is 44.2 Å². The van der Waals surface area contributed by atoms with Crippen LogP contribution in [0.2, 0.25) is 0 Å². The number of nitrogens with zero attached hydrogens (tertiary/aromatic N) is 4. The van der Waals surface area contributed by atoms with Gasteiger partial charge in [-0.05, 0) is 51.8 Å². The summed E-state index contributed by atoms with van der Waals surface area (Å²) in [5.74, 6) is 0.979. The van der Waals surface area contributed by atoms with Gasteiger partial charge in [-0.2, -0.15) is 0 Å². The molecule has 1 aromatic heterocycles. The van der Waals surface area contributed by atoms with E-state index in [9.17, 15) is 4.79 Å². The number of carbonyl (C=O) groups is 1. The van der Waals surface area contributed by atoms with E-state index in [2.05, 4.69) is 25.1 Å². The lowest BCUT2D eigenvalue weighted by atomic mass is 9.97. The van der Waals surface area contributed by atoms with Gasteiger partial charge in [0.25, 0.3) is 0 Å². The van der Waals surface area contributed by atoms with E-state index in [0.29, 0.717) is 0 Å². The summed E-state index contributed by atoms with van der Waals surface area (Å²) in [4.78, 5) is 25.8. The predicted molar refractivity (Wildman–Crippen MR) is 90.4 cm³/mol. The summed E-state index contributed by atoms with van der Waals surface area (Å²) >= 11 is 0. The van der Waals surface area contributed by atoms with Crippen LogP contribution in [0.15, 0.2) is 12.3 Å². The van der Waals surface area contributed by atoms with Gasteiger partial charge in [0, 0.05) is 38.1 Å². The fraction of sp³-hybridized carbons (Fsp3) is 0.706. The minimum absolute atomic E-state index is 0.0476. The lowest BCUT2D eigenvalue weighted by Crippen LogP contribution is -2.45. The molecule has 0 bridgehead atoms. The molecule has 3 heterocycles. The summed E-state index contributed by atoms with van der Waals surface area (Å²) in [5.41, 5.74) is 0.965. The second-order valence-corrected chi connectivity index (χ2v) is 6.62. The average molecular weight is 317 g/mol. The summed E-state index contributed by atoms with van der Waals surface area (Å²) in [6.07, 6.45) is 6.35. The molecule has 6 nitrogen and oxygen atoms in total. The zero-order valence-electron chi connectivity index (χ0n) is 14.0. The first kappa shape index (κ1) is 16.2. The van der Waals surface area contributed by atoms with E-state index in [4.69, 9.17) is 0 Å². The Bertz CT molecular complexity index is 529. The Morgan fingerprint density at radius 1 is 1.30 bits per heavy atom. The van der Waals surface area contributed by atoms with Crippen LogP contribution in [0.25, 0.3) is 0 Å². The standard InChI is InChI=1S/C17H27N5O/c1-14-6-7-19-17(20-14)22-11-4-5-15(13-22)16(23)18-8-12-21-9-2-3-10-21/h6-7,15H,2-5,8-13H2,1H3,(H,18,23). The van der Waals surface area contributed by atoms with Crippen LogP contribution >= 0.6 is 0 Å². The van der Waals surface area contributed by atoms with Crippen LogP contribution in [-0.2, 0) is 4.79 Å². The van der Waals surface area contributed by atoms with Gasteiger partial charge in [0.2, 0.25) is 11.9 Å². The molecule has 0 aromatic carbocycles. The highest BCUT2D eigenvalue weighted by Crippen LogP contribution is 2.20. The SMILES string of the molecule is Cc1ccnc(N2CCCC(C(=O)NCCN3CCCC3)C2)n1. The number of hydrogen-bond donors (Lipinski definition) is 1. The van der Waals surface area contributed by atoms with Crippen LogP contribution in [0.4, 0.5) is 5.95 Å². The minimum Gasteiger partial charge on any atom is -0.355 e. The van der Waals surface area contributed by atoms with Crippen LogP contribution in [0.5, 0.6) is 0 Å². The van der Waals surface area contributed by atoms with Crippen molar-refractivity contribution in [1.29, 1.82) is 0 Å². The van der Waals surface area contributed by atoms with Gasteiger partial charge in [-0.3, -0.25) is 4.79 Å². The largest absolute Gasteiger partial charge is 0.355 e. The second-order valence-electron chi connectivity index (χ2n) is 6.62. The number of rotatable bonds is 5. The molecule has 6 heteroatoms. The van der Waals surface area contributed by atoms with Crippen LogP contribution in [0.3, 0.4) is 0 Å². The molecular weight excluding hydrogens is 290 g/mol. The van der Waals surface area contributed by atoms with Gasteiger partial charge < -0.3 is 15.1 Å². The fourth-order valence-corrected chi connectivity index (χ4v) is 3.45. The van der Waals surface area contributed by atoms with Gasteiger partial charge in [-0.25, -0.2) is 9.97 Å². The van der Waals surface area contributed by atoms with Crippen molar-refractivity contribution < 1.29 is 4.79 Å². The predicted octanol–water partition coefficient (Wildman–Crippen LogP) is 1.21. The summed E-state index contributed by atoms with van der Waals surface area (Å²) in [5, 5.41) is 3.11. The fourth-order valence-electron chi connectivity index (χ4n) is 3.45. The van der Waals surface area contributed by atoms with Gasteiger partial charge in [0.1, 0.15) is 0 Å². The number of aryl methyl sites for hydroxylation is 1. The smallest absolute Gasteiger partial charge is 0.225 e. The van der Waals surface area contributed by atoms with Crippen molar-refractivity contribution in [3.63, 3.8) is 0 Å². The molecule has 0 aliphatic carbocycles. The van der Waals surface area contributed by atoms with Gasteiger partial charge in [0.15, 0.2) is 0 Å². The third kappa shape index (κ3) is 4.41. The van der Waals surface area contributed by atoms with E-state index in [1.165, 1.54) is 25.9 Å². The Hall–Kier alpha value is -1.69. The first-order chi connectivity index (χ1) is 11.2. The van der Waals surface area contributed by atoms with Crippen LogP contribution in [-0.4, -0.2) is 60.0 Å². The zero-order chi connectivity index (χ0) is 16.1. The monoisotopic (exact) mass is 317 g/mol. The van der Waals surface area contributed by atoms with Crippen molar-refractivity contribution in [1.82, 2.24) is 20.2 Å². The molecule has 126 valence electrons. The molecule has 1 amide bonds. The molecule has 0 saturated carbocycles. The highest BCUT2D eigenvalue weighted by molar-refractivity contribution is 5.79. The van der Waals surface area contributed by atoms with Crippen molar-refractivity contribution in [3.05, 3.63) is 18.0 Å². The molecule has 1 aromatic rings. The molecule has 2 saturated heterocycles. The summed E-state index contributed by atoms with van der Waals surface area (Å²) < 4.78 is 0. The third-order valence-corrected chi connectivity index (χ3v) is 4.78. The maximum absolute atomic E-state index is 12.4. The highest BCUT2D eigenvalue weighted by Gasteiger charge is 2.27. The number of carbonyl (C=O) groups excluding carboxylic acids is 1. The van der Waals surface area contributed by atoms with Crippen molar-refractivity contribution in [2.24, 2.45) is 5.92 Å². The molecule has 0 spiro atoms. The van der Waals surface area contributed by atoms with Crippen molar-refractivity contribution >= 4 is 11.9 Å². The van der Waals surface area contributed by atoms with E-state index in [0.717, 1.165) is 50.7 Å². The van der Waals surface area contributed by atoms with Crippen molar-refractivity contribution in [2.45, 2.75) is 32.6 Å². The Labute approximate surface area is 138 Å². The van der Waals surface area contributed by atoms with Gasteiger partial charge in [0.05, 0.1) is 5.92 Å². The normalized spacial score (nSPS) is 22.3. The number of piperidine rings is 1. The van der Waals surface area contributed by atoms with Crippen LogP contribution < -0.4 is 10.2 Å². The first-order valence-electron chi connectivity index (χ1n) is 8.77. The zero-order valence-corrected chi connectivity index (χ0v) is 14.0. The Kier molecular flexibility index (Phi) is 5.43. The maximum atomic E-state index is 12.4. The number of nitrogens with one attached hydrogen (secondary N) is 1. The Morgan fingerprint density at radius 2 is 2.13 bits per heavy atom. The molecule has 1 unspecified atom stereocenters. The molecule has 0 radical (unpaired) electrons. The first-order valence-corrected chi connectivity index (χ1v) is 8.77. The highest BCUT2D eigenvalue weighted by atomic mass is 16.1. The van der Waals surface area contributed by atoms with Crippen LogP contribution in [0, 0.1) is 12.8 Å². The molecule has 23 heavy (non-hydrogen) atoms. The summed E-state index contributed by atoms with van der Waals surface area (Å²) in [6.45, 7) is 7.71. The Balaban J connectivity index is 1.48. The van der Waals surface area contributed by atoms with E-state index < -0.39 is 0 Å².